The zero-order valence-electron chi connectivity index (χ0n) is 15.5. The van der Waals surface area contributed by atoms with Gasteiger partial charge in [-0.15, -0.1) is 11.3 Å². The molecule has 0 unspecified atom stereocenters. The van der Waals surface area contributed by atoms with Crippen LogP contribution in [0.3, 0.4) is 0 Å². The fraction of sp³-hybridized carbons (Fsp3) is 0.316. The monoisotopic (exact) mass is 472 g/mol. The first kappa shape index (κ1) is 21.1. The maximum atomic E-state index is 12.8. The lowest BCUT2D eigenvalue weighted by Gasteiger charge is -2.35. The Morgan fingerprint density at radius 1 is 1.20 bits per heavy atom. The van der Waals surface area contributed by atoms with Crippen LogP contribution in [0, 0.1) is 0 Å². The number of thiazole rings is 1. The van der Waals surface area contributed by atoms with E-state index < -0.39 is 11.7 Å². The van der Waals surface area contributed by atoms with Gasteiger partial charge in [0.25, 0.3) is 0 Å². The van der Waals surface area contributed by atoms with E-state index in [4.69, 9.17) is 11.6 Å². The van der Waals surface area contributed by atoms with Gasteiger partial charge in [0.15, 0.2) is 0 Å². The lowest BCUT2D eigenvalue weighted by Crippen LogP contribution is -2.49. The minimum Gasteiger partial charge on any atom is -0.352 e. The molecule has 0 bridgehead atoms. The van der Waals surface area contributed by atoms with E-state index in [-0.39, 0.29) is 17.4 Å². The summed E-state index contributed by atoms with van der Waals surface area (Å²) in [4.78, 5) is 24.6. The van der Waals surface area contributed by atoms with E-state index in [1.165, 1.54) is 11.3 Å². The molecule has 30 heavy (non-hydrogen) atoms. The van der Waals surface area contributed by atoms with Crippen LogP contribution in [0.15, 0.2) is 34.5 Å². The van der Waals surface area contributed by atoms with Gasteiger partial charge in [-0.1, -0.05) is 11.6 Å². The minimum atomic E-state index is -4.49. The summed E-state index contributed by atoms with van der Waals surface area (Å²) < 4.78 is 38.3. The second-order valence-corrected chi connectivity index (χ2v) is 8.77. The number of anilines is 1. The Bertz CT molecular complexity index is 1030. The van der Waals surface area contributed by atoms with E-state index in [9.17, 15) is 18.0 Å². The van der Waals surface area contributed by atoms with Gasteiger partial charge in [-0.05, 0) is 17.5 Å². The van der Waals surface area contributed by atoms with E-state index >= 15 is 0 Å². The van der Waals surface area contributed by atoms with Crippen LogP contribution in [0.1, 0.15) is 11.3 Å². The Balaban J connectivity index is 1.35. The molecule has 1 saturated heterocycles. The highest BCUT2D eigenvalue weighted by Gasteiger charge is 2.32. The molecule has 1 amide bonds. The number of rotatable bonds is 4. The molecule has 3 aromatic heterocycles. The third-order valence-corrected chi connectivity index (χ3v) is 6.63. The van der Waals surface area contributed by atoms with Crippen molar-refractivity contribution in [3.8, 4) is 10.6 Å². The summed E-state index contributed by atoms with van der Waals surface area (Å²) in [5.41, 5.74) is 0.912. The minimum absolute atomic E-state index is 0.0247. The maximum Gasteiger partial charge on any atom is 0.417 e. The van der Waals surface area contributed by atoms with Gasteiger partial charge >= 0.3 is 6.18 Å². The van der Waals surface area contributed by atoms with Crippen LogP contribution in [0.25, 0.3) is 10.6 Å². The number of aromatic nitrogens is 2. The van der Waals surface area contributed by atoms with Crippen molar-refractivity contribution in [2.75, 3.05) is 31.1 Å². The smallest absolute Gasteiger partial charge is 0.352 e. The summed E-state index contributed by atoms with van der Waals surface area (Å²) in [5, 5.41) is 6.75. The molecule has 0 spiro atoms. The standard InChI is InChI=1S/C19H16ClF3N4OS2/c20-15-7-13(19(21,22)23)9-24-17(15)27-4-2-26(3-5-27)16(28)8-14-11-30-18(25-14)12-1-6-29-10-12/h1,6-7,9-11H,2-5,8H2. The molecule has 1 aliphatic rings. The number of carbonyl (C=O) groups excluding carboxylic acids is 1. The highest BCUT2D eigenvalue weighted by Crippen LogP contribution is 2.33. The normalized spacial score (nSPS) is 14.9. The number of hydrogen-bond acceptors (Lipinski definition) is 6. The number of thiophene rings is 1. The first-order chi connectivity index (χ1) is 14.3. The average molecular weight is 473 g/mol. The number of carbonyl (C=O) groups is 1. The molecule has 1 fully saturated rings. The summed E-state index contributed by atoms with van der Waals surface area (Å²) in [6.45, 7) is 1.78. The predicted molar refractivity (Wildman–Crippen MR) is 112 cm³/mol. The summed E-state index contributed by atoms with van der Waals surface area (Å²) in [7, 11) is 0. The van der Waals surface area contributed by atoms with Gasteiger partial charge in [0.2, 0.25) is 5.91 Å². The van der Waals surface area contributed by atoms with E-state index in [0.717, 1.165) is 28.5 Å². The Labute approximate surface area is 183 Å². The van der Waals surface area contributed by atoms with Crippen LogP contribution in [-0.4, -0.2) is 47.0 Å². The molecule has 0 N–H and O–H groups in total. The molecule has 0 aliphatic carbocycles. The SMILES string of the molecule is O=C(Cc1csc(-c2ccsc2)n1)N1CCN(c2ncc(C(F)(F)F)cc2Cl)CC1. The second kappa shape index (κ2) is 8.52. The van der Waals surface area contributed by atoms with Crippen LogP contribution in [0.4, 0.5) is 19.0 Å². The Kier molecular flexibility index (Phi) is 5.99. The van der Waals surface area contributed by atoms with Gasteiger partial charge in [0.1, 0.15) is 10.8 Å². The Morgan fingerprint density at radius 3 is 2.60 bits per heavy atom. The maximum absolute atomic E-state index is 12.8. The number of nitrogens with zero attached hydrogens (tertiary/aromatic N) is 4. The molecule has 3 aromatic rings. The number of amides is 1. The number of alkyl halides is 3. The molecule has 0 aromatic carbocycles. The summed E-state index contributed by atoms with van der Waals surface area (Å²) >= 11 is 9.14. The number of hydrogen-bond donors (Lipinski definition) is 0. The Morgan fingerprint density at radius 2 is 1.97 bits per heavy atom. The van der Waals surface area contributed by atoms with Crippen molar-refractivity contribution >= 4 is 46.0 Å². The van der Waals surface area contributed by atoms with Crippen molar-refractivity contribution in [2.45, 2.75) is 12.6 Å². The van der Waals surface area contributed by atoms with Crippen molar-refractivity contribution in [3.05, 3.63) is 50.7 Å². The molecule has 0 saturated carbocycles. The molecular formula is C19H16ClF3N4OS2. The second-order valence-electron chi connectivity index (χ2n) is 6.73. The van der Waals surface area contributed by atoms with Gasteiger partial charge in [0, 0.05) is 48.7 Å². The molecule has 158 valence electrons. The lowest BCUT2D eigenvalue weighted by molar-refractivity contribution is -0.137. The van der Waals surface area contributed by atoms with Gasteiger partial charge in [-0.2, -0.15) is 24.5 Å². The van der Waals surface area contributed by atoms with Gasteiger partial charge in [-0.3, -0.25) is 4.79 Å². The third kappa shape index (κ3) is 4.60. The molecule has 11 heteroatoms. The summed E-state index contributed by atoms with van der Waals surface area (Å²) in [6.07, 6.45) is -3.48. The fourth-order valence-electron chi connectivity index (χ4n) is 3.16. The zero-order valence-corrected chi connectivity index (χ0v) is 17.9. The molecule has 4 heterocycles. The molecule has 0 atom stereocenters. The first-order valence-electron chi connectivity index (χ1n) is 9.03. The number of halogens is 4. The van der Waals surface area contributed by atoms with E-state index in [1.807, 2.05) is 22.2 Å². The van der Waals surface area contributed by atoms with Crippen LogP contribution < -0.4 is 4.90 Å². The van der Waals surface area contributed by atoms with Crippen LogP contribution in [-0.2, 0) is 17.4 Å². The number of pyridine rings is 1. The summed E-state index contributed by atoms with van der Waals surface area (Å²) in [6, 6.07) is 2.88. The largest absolute Gasteiger partial charge is 0.417 e. The van der Waals surface area contributed by atoms with E-state index in [2.05, 4.69) is 9.97 Å². The van der Waals surface area contributed by atoms with Gasteiger partial charge < -0.3 is 9.80 Å². The van der Waals surface area contributed by atoms with Gasteiger partial charge in [-0.25, -0.2) is 9.97 Å². The third-order valence-electron chi connectivity index (χ3n) is 4.73. The van der Waals surface area contributed by atoms with Gasteiger partial charge in [0.05, 0.1) is 22.7 Å². The topological polar surface area (TPSA) is 49.3 Å². The van der Waals surface area contributed by atoms with Crippen LogP contribution >= 0.6 is 34.3 Å². The van der Waals surface area contributed by atoms with Crippen molar-refractivity contribution in [2.24, 2.45) is 0 Å². The first-order valence-corrected chi connectivity index (χ1v) is 11.2. The quantitative estimate of drug-likeness (QED) is 0.545. The Hall–Kier alpha value is -2.17. The van der Waals surface area contributed by atoms with E-state index in [1.54, 1.807) is 21.1 Å². The number of piperazine rings is 1. The van der Waals surface area contributed by atoms with Crippen molar-refractivity contribution < 1.29 is 18.0 Å². The van der Waals surface area contributed by atoms with E-state index in [0.29, 0.717) is 32.0 Å². The van der Waals surface area contributed by atoms with Crippen molar-refractivity contribution in [1.82, 2.24) is 14.9 Å². The molecule has 1 aliphatic heterocycles. The van der Waals surface area contributed by atoms with Crippen LogP contribution in [0.2, 0.25) is 5.02 Å². The highest BCUT2D eigenvalue weighted by molar-refractivity contribution is 7.14. The molecule has 0 radical (unpaired) electrons. The zero-order chi connectivity index (χ0) is 21.3. The highest BCUT2D eigenvalue weighted by atomic mass is 35.5. The fourth-order valence-corrected chi connectivity index (χ4v) is 4.98. The van der Waals surface area contributed by atoms with Crippen LogP contribution in [0.5, 0.6) is 0 Å². The summed E-state index contributed by atoms with van der Waals surface area (Å²) in [5.74, 6) is 0.278. The average Bonchev–Trinajstić information content (AvgIpc) is 3.39. The molecule has 4 rings (SSSR count). The predicted octanol–water partition coefficient (Wildman–Crippen LogP) is 4.83. The van der Waals surface area contributed by atoms with Crippen molar-refractivity contribution in [3.63, 3.8) is 0 Å². The lowest BCUT2D eigenvalue weighted by atomic mass is 10.2. The van der Waals surface area contributed by atoms with Crippen molar-refractivity contribution in [1.29, 1.82) is 0 Å². The molecule has 5 nitrogen and oxygen atoms in total. The molecular weight excluding hydrogens is 457 g/mol.